The maximum atomic E-state index is 12.8. The van der Waals surface area contributed by atoms with E-state index in [0.717, 1.165) is 11.8 Å². The number of carbonyl (C=O) groups is 1. The second-order valence-electron chi connectivity index (χ2n) is 5.55. The van der Waals surface area contributed by atoms with Crippen LogP contribution in [0.1, 0.15) is 15.9 Å². The van der Waals surface area contributed by atoms with Gasteiger partial charge in [-0.05, 0) is 24.1 Å². The summed E-state index contributed by atoms with van der Waals surface area (Å²) in [6.45, 7) is 0.355. The first-order valence-electron chi connectivity index (χ1n) is 7.17. The molecular weight excluding hydrogens is 332 g/mol. The zero-order valence-electron chi connectivity index (χ0n) is 12.8. The molecule has 124 valence electrons. The van der Waals surface area contributed by atoms with Crippen LogP contribution in [0.2, 0.25) is 0 Å². The lowest BCUT2D eigenvalue weighted by atomic mass is 10.1. The van der Waals surface area contributed by atoms with Crippen LogP contribution in [0, 0.1) is 10.1 Å². The Morgan fingerprint density at radius 3 is 2.58 bits per heavy atom. The van der Waals surface area contributed by atoms with Crippen molar-refractivity contribution in [1.29, 1.82) is 0 Å². The zero-order chi connectivity index (χ0) is 17.5. The average Bonchev–Trinajstić information content (AvgIpc) is 2.96. The van der Waals surface area contributed by atoms with Crippen LogP contribution in [0.5, 0.6) is 0 Å². The number of non-ortho nitro benzene ring substituents is 1. The van der Waals surface area contributed by atoms with Gasteiger partial charge in [0.15, 0.2) is 9.84 Å². The van der Waals surface area contributed by atoms with Gasteiger partial charge in [-0.15, -0.1) is 0 Å². The Morgan fingerprint density at radius 1 is 1.21 bits per heavy atom. The summed E-state index contributed by atoms with van der Waals surface area (Å²) in [6, 6.07) is 10.4. The quantitative estimate of drug-likeness (QED) is 0.627. The first-order valence-corrected chi connectivity index (χ1v) is 9.06. The third-order valence-electron chi connectivity index (χ3n) is 3.94. The van der Waals surface area contributed by atoms with E-state index in [4.69, 9.17) is 0 Å². The van der Waals surface area contributed by atoms with E-state index in [0.29, 0.717) is 18.7 Å². The summed E-state index contributed by atoms with van der Waals surface area (Å²) < 4.78 is 23.8. The lowest BCUT2D eigenvalue weighted by molar-refractivity contribution is -0.384. The minimum Gasteiger partial charge on any atom is -0.307 e. The van der Waals surface area contributed by atoms with Crippen molar-refractivity contribution in [3.63, 3.8) is 0 Å². The summed E-state index contributed by atoms with van der Waals surface area (Å²) in [7, 11) is -3.56. The number of carbonyl (C=O) groups excluding carboxylic acids is 1. The van der Waals surface area contributed by atoms with E-state index in [1.54, 1.807) is 18.2 Å². The van der Waals surface area contributed by atoms with Crippen LogP contribution in [0.3, 0.4) is 0 Å². The SMILES string of the molecule is CS(=O)(=O)c1ccccc1C(=O)N1CCc2ccc([N+](=O)[O-])cc21. The predicted octanol–water partition coefficient (Wildman–Crippen LogP) is 2.20. The van der Waals surface area contributed by atoms with Crippen molar-refractivity contribution in [2.75, 3.05) is 17.7 Å². The van der Waals surface area contributed by atoms with Gasteiger partial charge in [-0.1, -0.05) is 18.2 Å². The van der Waals surface area contributed by atoms with Crippen molar-refractivity contribution in [2.45, 2.75) is 11.3 Å². The fourth-order valence-electron chi connectivity index (χ4n) is 2.80. The molecule has 2 aromatic carbocycles. The smallest absolute Gasteiger partial charge is 0.271 e. The maximum absolute atomic E-state index is 12.8. The van der Waals surface area contributed by atoms with E-state index in [2.05, 4.69) is 0 Å². The third-order valence-corrected chi connectivity index (χ3v) is 5.09. The van der Waals surface area contributed by atoms with Crippen LogP contribution in [0.25, 0.3) is 0 Å². The van der Waals surface area contributed by atoms with Gasteiger partial charge in [-0.2, -0.15) is 0 Å². The first-order chi connectivity index (χ1) is 11.3. The second kappa shape index (κ2) is 5.72. The molecule has 1 heterocycles. The van der Waals surface area contributed by atoms with E-state index >= 15 is 0 Å². The Labute approximate surface area is 138 Å². The molecule has 0 unspecified atom stereocenters. The Bertz CT molecular complexity index is 953. The molecule has 1 aliphatic heterocycles. The van der Waals surface area contributed by atoms with Crippen molar-refractivity contribution >= 4 is 27.1 Å². The topological polar surface area (TPSA) is 97.6 Å². The van der Waals surface area contributed by atoms with Crippen molar-refractivity contribution in [1.82, 2.24) is 0 Å². The standard InChI is InChI=1S/C16H14N2O5S/c1-24(22,23)15-5-3-2-4-13(15)16(19)17-9-8-11-6-7-12(18(20)21)10-14(11)17/h2-7,10H,8-9H2,1H3. The molecular formula is C16H14N2O5S. The molecule has 0 aliphatic carbocycles. The molecule has 1 aliphatic rings. The van der Waals surface area contributed by atoms with E-state index in [1.165, 1.54) is 29.2 Å². The fraction of sp³-hybridized carbons (Fsp3) is 0.188. The largest absolute Gasteiger partial charge is 0.307 e. The minimum atomic E-state index is -3.56. The van der Waals surface area contributed by atoms with Crippen LogP contribution in [-0.4, -0.2) is 32.0 Å². The summed E-state index contributed by atoms with van der Waals surface area (Å²) in [5, 5.41) is 11.0. The summed E-state index contributed by atoms with van der Waals surface area (Å²) in [6.07, 6.45) is 1.61. The van der Waals surface area contributed by atoms with Gasteiger partial charge in [-0.3, -0.25) is 14.9 Å². The number of hydrogen-bond donors (Lipinski definition) is 0. The molecule has 3 rings (SSSR count). The molecule has 0 fully saturated rings. The lowest BCUT2D eigenvalue weighted by Gasteiger charge is -2.18. The number of amides is 1. The molecule has 0 spiro atoms. The van der Waals surface area contributed by atoms with Gasteiger partial charge in [-0.25, -0.2) is 8.42 Å². The molecule has 24 heavy (non-hydrogen) atoms. The van der Waals surface area contributed by atoms with Gasteiger partial charge in [0, 0.05) is 24.9 Å². The van der Waals surface area contributed by atoms with Gasteiger partial charge < -0.3 is 4.90 Å². The molecule has 0 N–H and O–H groups in total. The normalized spacial score (nSPS) is 13.6. The fourth-order valence-corrected chi connectivity index (χ4v) is 3.68. The van der Waals surface area contributed by atoms with E-state index in [9.17, 15) is 23.3 Å². The predicted molar refractivity (Wildman–Crippen MR) is 88.0 cm³/mol. The van der Waals surface area contributed by atoms with Gasteiger partial charge in [0.1, 0.15) is 0 Å². The number of anilines is 1. The van der Waals surface area contributed by atoms with Crippen LogP contribution in [0.4, 0.5) is 11.4 Å². The molecule has 1 amide bonds. The van der Waals surface area contributed by atoms with Gasteiger partial charge in [0.25, 0.3) is 11.6 Å². The number of fused-ring (bicyclic) bond motifs is 1. The molecule has 0 saturated carbocycles. The summed E-state index contributed by atoms with van der Waals surface area (Å²) in [5.74, 6) is -0.477. The Kier molecular flexibility index (Phi) is 3.84. The van der Waals surface area contributed by atoms with Crippen molar-refractivity contribution in [3.8, 4) is 0 Å². The highest BCUT2D eigenvalue weighted by molar-refractivity contribution is 7.90. The number of nitro groups is 1. The van der Waals surface area contributed by atoms with Crippen molar-refractivity contribution in [2.24, 2.45) is 0 Å². The molecule has 7 nitrogen and oxygen atoms in total. The number of nitrogens with zero attached hydrogens (tertiary/aromatic N) is 2. The maximum Gasteiger partial charge on any atom is 0.271 e. The highest BCUT2D eigenvalue weighted by Gasteiger charge is 2.30. The minimum absolute atomic E-state index is 0.0473. The Balaban J connectivity index is 2.07. The van der Waals surface area contributed by atoms with Crippen molar-refractivity contribution < 1.29 is 18.1 Å². The monoisotopic (exact) mass is 346 g/mol. The number of hydrogen-bond acceptors (Lipinski definition) is 5. The number of benzene rings is 2. The summed E-state index contributed by atoms with van der Waals surface area (Å²) in [5.41, 5.74) is 1.24. The van der Waals surface area contributed by atoms with Crippen molar-refractivity contribution in [3.05, 3.63) is 63.7 Å². The van der Waals surface area contributed by atoms with Crippen LogP contribution in [-0.2, 0) is 16.3 Å². The van der Waals surface area contributed by atoms with Gasteiger partial charge >= 0.3 is 0 Å². The molecule has 0 radical (unpaired) electrons. The lowest BCUT2D eigenvalue weighted by Crippen LogP contribution is -2.30. The Hall–Kier alpha value is -2.74. The Morgan fingerprint density at radius 2 is 1.92 bits per heavy atom. The number of rotatable bonds is 3. The van der Waals surface area contributed by atoms with E-state index in [-0.39, 0.29) is 16.1 Å². The highest BCUT2D eigenvalue weighted by atomic mass is 32.2. The van der Waals surface area contributed by atoms with E-state index < -0.39 is 20.7 Å². The first kappa shape index (κ1) is 16.1. The molecule has 0 aromatic heterocycles. The molecule has 2 aromatic rings. The van der Waals surface area contributed by atoms with E-state index in [1.807, 2.05) is 0 Å². The summed E-state index contributed by atoms with van der Waals surface area (Å²) >= 11 is 0. The molecule has 0 atom stereocenters. The van der Waals surface area contributed by atoms with Crippen LogP contribution >= 0.6 is 0 Å². The third kappa shape index (κ3) is 2.76. The highest BCUT2D eigenvalue weighted by Crippen LogP contribution is 2.33. The van der Waals surface area contributed by atoms with Gasteiger partial charge in [0.2, 0.25) is 0 Å². The molecule has 0 saturated heterocycles. The summed E-state index contributed by atoms with van der Waals surface area (Å²) in [4.78, 5) is 24.6. The van der Waals surface area contributed by atoms with Gasteiger partial charge in [0.05, 0.1) is 21.1 Å². The van der Waals surface area contributed by atoms with Crippen LogP contribution < -0.4 is 4.90 Å². The molecule has 0 bridgehead atoms. The average molecular weight is 346 g/mol. The number of nitro benzene ring substituents is 1. The second-order valence-corrected chi connectivity index (χ2v) is 7.53. The zero-order valence-corrected chi connectivity index (χ0v) is 13.6. The van der Waals surface area contributed by atoms with Crippen LogP contribution in [0.15, 0.2) is 47.4 Å². The molecule has 8 heteroatoms. The number of sulfone groups is 1.